The molecule has 2 atom stereocenters. The number of hydrogen-bond acceptors (Lipinski definition) is 4. The van der Waals surface area contributed by atoms with Crippen LogP contribution in [0.15, 0.2) is 0 Å². The summed E-state index contributed by atoms with van der Waals surface area (Å²) in [6.07, 6.45) is 1.46. The van der Waals surface area contributed by atoms with Crippen molar-refractivity contribution in [2.45, 2.75) is 59.5 Å². The summed E-state index contributed by atoms with van der Waals surface area (Å²) in [5, 5.41) is 7.95. The van der Waals surface area contributed by atoms with Gasteiger partial charge in [0.25, 0.3) is 0 Å². The van der Waals surface area contributed by atoms with Gasteiger partial charge in [0.15, 0.2) is 0 Å². The molecule has 1 fully saturated rings. The van der Waals surface area contributed by atoms with E-state index in [1.54, 1.807) is 13.8 Å². The van der Waals surface area contributed by atoms with Crippen molar-refractivity contribution in [3.8, 4) is 0 Å². The Morgan fingerprint density at radius 1 is 1.08 bits per heavy atom. The van der Waals surface area contributed by atoms with Crippen LogP contribution in [-0.4, -0.2) is 54.5 Å². The second-order valence-electron chi connectivity index (χ2n) is 6.88. The molecular weight excluding hydrogens is 308 g/mol. The molecule has 1 aliphatic heterocycles. The Labute approximate surface area is 144 Å². The van der Waals surface area contributed by atoms with Gasteiger partial charge in [-0.25, -0.2) is 4.79 Å². The molecule has 0 radical (unpaired) electrons. The fraction of sp³-hybridized carbons (Fsp3) is 0.824. The Morgan fingerprint density at radius 2 is 1.67 bits per heavy atom. The molecule has 0 aromatic heterocycles. The molecule has 0 aromatic carbocycles. The topological polar surface area (TPSA) is 90.5 Å². The number of amides is 4. The van der Waals surface area contributed by atoms with Crippen molar-refractivity contribution in [3.63, 3.8) is 0 Å². The first-order valence-electron chi connectivity index (χ1n) is 8.89. The van der Waals surface area contributed by atoms with Gasteiger partial charge >= 0.3 is 6.03 Å². The summed E-state index contributed by atoms with van der Waals surface area (Å²) in [5.74, 6) is 0.209. The van der Waals surface area contributed by atoms with Crippen LogP contribution in [0, 0.1) is 11.8 Å². The average Bonchev–Trinajstić information content (AvgIpc) is 2.54. The number of nitrogens with one attached hydrogen (secondary N) is 3. The number of likely N-dealkylation sites (tertiary alicyclic amines) is 1. The van der Waals surface area contributed by atoms with Gasteiger partial charge in [0.1, 0.15) is 0 Å². The van der Waals surface area contributed by atoms with E-state index in [9.17, 15) is 14.4 Å². The molecule has 3 N–H and O–H groups in total. The van der Waals surface area contributed by atoms with Gasteiger partial charge in [-0.3, -0.25) is 19.8 Å². The maximum absolute atomic E-state index is 12.3. The van der Waals surface area contributed by atoms with Gasteiger partial charge in [-0.15, -0.1) is 0 Å². The van der Waals surface area contributed by atoms with Crippen LogP contribution in [-0.2, 0) is 9.59 Å². The summed E-state index contributed by atoms with van der Waals surface area (Å²) in [6, 6.07) is -0.685. The van der Waals surface area contributed by atoms with Gasteiger partial charge in [-0.2, -0.15) is 0 Å². The second kappa shape index (κ2) is 9.61. The van der Waals surface area contributed by atoms with Crippen molar-refractivity contribution in [3.05, 3.63) is 0 Å². The van der Waals surface area contributed by atoms with Gasteiger partial charge in [0.2, 0.25) is 11.8 Å². The molecule has 4 amide bonds. The minimum Gasteiger partial charge on any atom is -0.353 e. The molecule has 24 heavy (non-hydrogen) atoms. The normalized spacial score (nSPS) is 18.8. The predicted octanol–water partition coefficient (Wildman–Crippen LogP) is 1.09. The number of nitrogens with zero attached hydrogens (tertiary/aromatic N) is 1. The maximum atomic E-state index is 12.3. The highest BCUT2D eigenvalue weighted by molar-refractivity contribution is 5.96. The quantitative estimate of drug-likeness (QED) is 0.675. The van der Waals surface area contributed by atoms with Crippen LogP contribution in [0.1, 0.15) is 47.5 Å². The Morgan fingerprint density at radius 3 is 2.17 bits per heavy atom. The molecule has 0 bridgehead atoms. The predicted molar refractivity (Wildman–Crippen MR) is 93.4 cm³/mol. The van der Waals surface area contributed by atoms with Crippen LogP contribution in [0.2, 0.25) is 0 Å². The van der Waals surface area contributed by atoms with Crippen LogP contribution in [0.25, 0.3) is 0 Å². The number of carbonyl (C=O) groups is 3. The smallest absolute Gasteiger partial charge is 0.321 e. The molecular formula is C17H32N4O3. The van der Waals surface area contributed by atoms with Crippen LogP contribution < -0.4 is 16.0 Å². The highest BCUT2D eigenvalue weighted by atomic mass is 16.2. The first-order chi connectivity index (χ1) is 11.3. The number of imide groups is 1. The number of urea groups is 1. The molecule has 1 aliphatic rings. The lowest BCUT2D eigenvalue weighted by Crippen LogP contribution is -2.52. The number of hydrogen-bond donors (Lipinski definition) is 3. The Balaban J connectivity index is 2.43. The summed E-state index contributed by atoms with van der Waals surface area (Å²) in [4.78, 5) is 37.8. The monoisotopic (exact) mass is 340 g/mol. The van der Waals surface area contributed by atoms with Crippen molar-refractivity contribution >= 4 is 17.8 Å². The molecule has 0 saturated carbocycles. The standard InChI is InChI=1S/C17H32N4O3/c1-6-18-17(24)20-15(22)13(5)21-9-7-14(8-10-21)16(23)19-12(4)11(2)3/h11-14H,6-10H2,1-5H3,(H,19,23)(H2,18,20,22,24)/t12-,13-/m0/s1. The summed E-state index contributed by atoms with van der Waals surface area (Å²) in [6.45, 7) is 11.6. The molecule has 1 heterocycles. The lowest BCUT2D eigenvalue weighted by Gasteiger charge is -2.35. The fourth-order valence-electron chi connectivity index (χ4n) is 2.64. The van der Waals surface area contributed by atoms with Crippen molar-refractivity contribution < 1.29 is 14.4 Å². The number of piperidine rings is 1. The van der Waals surface area contributed by atoms with E-state index in [0.717, 1.165) is 12.8 Å². The van der Waals surface area contributed by atoms with Gasteiger partial charge in [-0.05, 0) is 52.6 Å². The Hall–Kier alpha value is -1.63. The zero-order valence-electron chi connectivity index (χ0n) is 15.5. The third-order valence-corrected chi connectivity index (χ3v) is 4.77. The van der Waals surface area contributed by atoms with Gasteiger partial charge < -0.3 is 10.6 Å². The van der Waals surface area contributed by atoms with Crippen LogP contribution in [0.3, 0.4) is 0 Å². The zero-order chi connectivity index (χ0) is 18.3. The van der Waals surface area contributed by atoms with Crippen LogP contribution in [0.5, 0.6) is 0 Å². The average molecular weight is 340 g/mol. The highest BCUT2D eigenvalue weighted by Gasteiger charge is 2.30. The molecule has 0 aromatic rings. The zero-order valence-corrected chi connectivity index (χ0v) is 15.5. The molecule has 1 rings (SSSR count). The van der Waals surface area contributed by atoms with E-state index in [-0.39, 0.29) is 29.8 Å². The van der Waals surface area contributed by atoms with Gasteiger partial charge in [-0.1, -0.05) is 13.8 Å². The third-order valence-electron chi connectivity index (χ3n) is 4.77. The van der Waals surface area contributed by atoms with E-state index in [1.165, 1.54) is 0 Å². The molecule has 0 spiro atoms. The number of carbonyl (C=O) groups excluding carboxylic acids is 3. The largest absolute Gasteiger partial charge is 0.353 e. The van der Waals surface area contributed by atoms with E-state index in [1.807, 2.05) is 11.8 Å². The maximum Gasteiger partial charge on any atom is 0.321 e. The van der Waals surface area contributed by atoms with E-state index in [4.69, 9.17) is 0 Å². The van der Waals surface area contributed by atoms with Crippen molar-refractivity contribution in [2.75, 3.05) is 19.6 Å². The first-order valence-corrected chi connectivity index (χ1v) is 8.89. The summed E-state index contributed by atoms with van der Waals surface area (Å²) in [7, 11) is 0. The molecule has 138 valence electrons. The Bertz CT molecular complexity index is 445. The van der Waals surface area contributed by atoms with Crippen molar-refractivity contribution in [2.24, 2.45) is 11.8 Å². The molecule has 0 aliphatic carbocycles. The summed E-state index contributed by atoms with van der Waals surface area (Å²) < 4.78 is 0. The number of rotatable bonds is 6. The van der Waals surface area contributed by atoms with E-state index in [2.05, 4.69) is 29.8 Å². The van der Waals surface area contributed by atoms with Gasteiger partial charge in [0, 0.05) is 18.5 Å². The summed E-state index contributed by atoms with van der Waals surface area (Å²) >= 11 is 0. The SMILES string of the molecule is CCNC(=O)NC(=O)[C@H](C)N1CCC(C(=O)N[C@@H](C)C(C)C)CC1. The van der Waals surface area contributed by atoms with Gasteiger partial charge in [0.05, 0.1) is 6.04 Å². The third kappa shape index (κ3) is 6.11. The summed E-state index contributed by atoms with van der Waals surface area (Å²) in [5.41, 5.74) is 0. The van der Waals surface area contributed by atoms with E-state index < -0.39 is 6.03 Å². The lowest BCUT2D eigenvalue weighted by molar-refractivity contribution is -0.128. The molecule has 7 nitrogen and oxygen atoms in total. The Kier molecular flexibility index (Phi) is 8.18. The fourth-order valence-corrected chi connectivity index (χ4v) is 2.64. The van der Waals surface area contributed by atoms with Crippen molar-refractivity contribution in [1.82, 2.24) is 20.9 Å². The lowest BCUT2D eigenvalue weighted by atomic mass is 9.94. The second-order valence-corrected chi connectivity index (χ2v) is 6.88. The molecule has 7 heteroatoms. The highest BCUT2D eigenvalue weighted by Crippen LogP contribution is 2.20. The van der Waals surface area contributed by atoms with Crippen molar-refractivity contribution in [1.29, 1.82) is 0 Å². The molecule has 1 saturated heterocycles. The van der Waals surface area contributed by atoms with E-state index >= 15 is 0 Å². The molecule has 0 unspecified atom stereocenters. The first kappa shape index (κ1) is 20.4. The minimum absolute atomic E-state index is 0.00102. The van der Waals surface area contributed by atoms with E-state index in [0.29, 0.717) is 25.6 Å². The van der Waals surface area contributed by atoms with Crippen LogP contribution >= 0.6 is 0 Å². The minimum atomic E-state index is -0.466. The van der Waals surface area contributed by atoms with Crippen LogP contribution in [0.4, 0.5) is 4.79 Å².